The summed E-state index contributed by atoms with van der Waals surface area (Å²) in [5, 5.41) is 6.98. The van der Waals surface area contributed by atoms with Gasteiger partial charge in [0.25, 0.3) is 0 Å². The van der Waals surface area contributed by atoms with Crippen LogP contribution in [0.5, 0.6) is 0 Å². The molecule has 0 unspecified atom stereocenters. The van der Waals surface area contributed by atoms with Crippen LogP contribution in [0.3, 0.4) is 0 Å². The first-order chi connectivity index (χ1) is 9.38. The molecule has 1 aliphatic rings. The Morgan fingerprint density at radius 1 is 1.25 bits per heavy atom. The highest BCUT2D eigenvalue weighted by atomic mass is 32.2. The number of aryl methyl sites for hydroxylation is 1. The van der Waals surface area contributed by atoms with Crippen LogP contribution in [0.2, 0.25) is 0 Å². The molecule has 0 spiro atoms. The van der Waals surface area contributed by atoms with Gasteiger partial charge in [0.05, 0.1) is 5.75 Å². The Morgan fingerprint density at radius 3 is 2.40 bits per heavy atom. The average molecular weight is 302 g/mol. The minimum atomic E-state index is -3.11. The molecule has 2 heterocycles. The number of anilines is 1. The van der Waals surface area contributed by atoms with Crippen molar-refractivity contribution in [2.75, 3.05) is 57.5 Å². The van der Waals surface area contributed by atoms with Crippen LogP contribution in [0.4, 0.5) is 5.95 Å². The lowest BCUT2D eigenvalue weighted by Gasteiger charge is -2.34. The monoisotopic (exact) mass is 302 g/mol. The van der Waals surface area contributed by atoms with E-state index in [1.54, 1.807) is 14.1 Å². The number of rotatable bonds is 5. The molecule has 1 saturated heterocycles. The Bertz CT molecular complexity index is 533. The third kappa shape index (κ3) is 3.68. The van der Waals surface area contributed by atoms with E-state index in [9.17, 15) is 8.42 Å². The van der Waals surface area contributed by atoms with Crippen LogP contribution in [0.25, 0.3) is 0 Å². The first kappa shape index (κ1) is 15.2. The number of aromatic amines is 1. The van der Waals surface area contributed by atoms with Gasteiger partial charge in [-0.2, -0.15) is 4.98 Å². The fourth-order valence-electron chi connectivity index (χ4n) is 2.07. The third-order valence-corrected chi connectivity index (χ3v) is 5.27. The molecular weight excluding hydrogens is 280 g/mol. The third-order valence-electron chi connectivity index (χ3n) is 3.46. The molecule has 0 aliphatic carbocycles. The van der Waals surface area contributed by atoms with Gasteiger partial charge in [0.1, 0.15) is 5.82 Å². The first-order valence-corrected chi connectivity index (χ1v) is 8.26. The van der Waals surface area contributed by atoms with E-state index in [1.807, 2.05) is 6.92 Å². The number of piperazine rings is 1. The average Bonchev–Trinajstić information content (AvgIpc) is 2.83. The van der Waals surface area contributed by atoms with Crippen molar-refractivity contribution in [2.24, 2.45) is 0 Å². The number of nitrogens with one attached hydrogen (secondary N) is 1. The Morgan fingerprint density at radius 2 is 1.90 bits per heavy atom. The van der Waals surface area contributed by atoms with Crippen LogP contribution in [0, 0.1) is 6.92 Å². The molecular formula is C11H22N6O2S. The Balaban J connectivity index is 1.80. The summed E-state index contributed by atoms with van der Waals surface area (Å²) in [7, 11) is 0.0250. The second-order valence-electron chi connectivity index (χ2n) is 5.15. The van der Waals surface area contributed by atoms with E-state index in [1.165, 1.54) is 4.31 Å². The summed E-state index contributed by atoms with van der Waals surface area (Å²) in [6, 6.07) is 0. The molecule has 9 heteroatoms. The quantitative estimate of drug-likeness (QED) is 0.761. The minimum Gasteiger partial charge on any atom is -0.337 e. The number of aromatic nitrogens is 3. The summed E-state index contributed by atoms with van der Waals surface area (Å²) in [5.74, 6) is 1.70. The lowest BCUT2D eigenvalue weighted by molar-refractivity contribution is 0.269. The van der Waals surface area contributed by atoms with Crippen LogP contribution in [-0.2, 0) is 10.0 Å². The van der Waals surface area contributed by atoms with E-state index >= 15 is 0 Å². The van der Waals surface area contributed by atoms with Crippen molar-refractivity contribution in [2.45, 2.75) is 6.92 Å². The van der Waals surface area contributed by atoms with Gasteiger partial charge in [-0.1, -0.05) is 0 Å². The number of hydrogen-bond donors (Lipinski definition) is 1. The van der Waals surface area contributed by atoms with Crippen molar-refractivity contribution in [3.63, 3.8) is 0 Å². The predicted molar refractivity (Wildman–Crippen MR) is 77.2 cm³/mol. The van der Waals surface area contributed by atoms with Crippen molar-refractivity contribution in [3.8, 4) is 0 Å². The maximum atomic E-state index is 11.7. The lowest BCUT2D eigenvalue weighted by Crippen LogP contribution is -2.48. The topological polar surface area (TPSA) is 85.4 Å². The van der Waals surface area contributed by atoms with E-state index in [0.717, 1.165) is 38.0 Å². The van der Waals surface area contributed by atoms with E-state index in [2.05, 4.69) is 25.0 Å². The zero-order valence-electron chi connectivity index (χ0n) is 12.2. The molecule has 0 amide bonds. The van der Waals surface area contributed by atoms with E-state index < -0.39 is 10.0 Å². The van der Waals surface area contributed by atoms with Crippen molar-refractivity contribution in [1.82, 2.24) is 24.4 Å². The molecule has 20 heavy (non-hydrogen) atoms. The molecule has 0 atom stereocenters. The van der Waals surface area contributed by atoms with Gasteiger partial charge in [-0.3, -0.25) is 10.00 Å². The SMILES string of the molecule is Cc1nc(N2CCN(CCS(=O)(=O)N(C)C)CC2)n[nH]1. The zero-order chi connectivity index (χ0) is 14.8. The highest BCUT2D eigenvalue weighted by Crippen LogP contribution is 2.10. The van der Waals surface area contributed by atoms with E-state index in [4.69, 9.17) is 0 Å². The van der Waals surface area contributed by atoms with Gasteiger partial charge in [-0.25, -0.2) is 12.7 Å². The molecule has 114 valence electrons. The summed E-state index contributed by atoms with van der Waals surface area (Å²) in [6.45, 7) is 5.74. The summed E-state index contributed by atoms with van der Waals surface area (Å²) in [5.41, 5.74) is 0. The van der Waals surface area contributed by atoms with E-state index in [-0.39, 0.29) is 5.75 Å². The summed E-state index contributed by atoms with van der Waals surface area (Å²) in [4.78, 5) is 8.58. The van der Waals surface area contributed by atoms with Gasteiger partial charge in [0, 0.05) is 46.8 Å². The second kappa shape index (κ2) is 6.06. The molecule has 1 aromatic rings. The van der Waals surface area contributed by atoms with Gasteiger partial charge < -0.3 is 4.90 Å². The minimum absolute atomic E-state index is 0.166. The molecule has 2 rings (SSSR count). The fraction of sp³-hybridized carbons (Fsp3) is 0.818. The number of H-pyrrole nitrogens is 1. The smallest absolute Gasteiger partial charge is 0.244 e. The number of sulfonamides is 1. The molecule has 0 aromatic carbocycles. The van der Waals surface area contributed by atoms with Crippen molar-refractivity contribution in [3.05, 3.63) is 5.82 Å². The molecule has 0 bridgehead atoms. The van der Waals surface area contributed by atoms with Gasteiger partial charge >= 0.3 is 0 Å². The van der Waals surface area contributed by atoms with Crippen LogP contribution in [-0.4, -0.2) is 85.4 Å². The summed E-state index contributed by atoms with van der Waals surface area (Å²) >= 11 is 0. The van der Waals surface area contributed by atoms with Gasteiger partial charge in [-0.05, 0) is 6.92 Å². The molecule has 1 aromatic heterocycles. The molecule has 1 fully saturated rings. The predicted octanol–water partition coefficient (Wildman–Crippen LogP) is -0.873. The maximum absolute atomic E-state index is 11.7. The molecule has 0 saturated carbocycles. The molecule has 8 nitrogen and oxygen atoms in total. The highest BCUT2D eigenvalue weighted by Gasteiger charge is 2.22. The highest BCUT2D eigenvalue weighted by molar-refractivity contribution is 7.89. The van der Waals surface area contributed by atoms with Crippen molar-refractivity contribution in [1.29, 1.82) is 0 Å². The largest absolute Gasteiger partial charge is 0.337 e. The first-order valence-electron chi connectivity index (χ1n) is 6.65. The zero-order valence-corrected chi connectivity index (χ0v) is 13.0. The molecule has 0 radical (unpaired) electrons. The Labute approximate surface area is 119 Å². The Hall–Kier alpha value is -1.19. The van der Waals surface area contributed by atoms with Crippen LogP contribution >= 0.6 is 0 Å². The van der Waals surface area contributed by atoms with Crippen LogP contribution in [0.1, 0.15) is 5.82 Å². The maximum Gasteiger partial charge on any atom is 0.244 e. The van der Waals surface area contributed by atoms with E-state index in [0.29, 0.717) is 6.54 Å². The van der Waals surface area contributed by atoms with Crippen molar-refractivity contribution < 1.29 is 8.42 Å². The number of hydrogen-bond acceptors (Lipinski definition) is 6. The van der Waals surface area contributed by atoms with Crippen LogP contribution in [0.15, 0.2) is 0 Å². The fourth-order valence-corrected chi connectivity index (χ4v) is 2.92. The normalized spacial score (nSPS) is 17.9. The van der Waals surface area contributed by atoms with Gasteiger partial charge in [0.15, 0.2) is 0 Å². The molecule has 1 aliphatic heterocycles. The standard InChI is InChI=1S/C11H22N6O2S/c1-10-12-11(14-13-10)17-6-4-16(5-7-17)8-9-20(18,19)15(2)3/h4-9H2,1-3H3,(H,12,13,14). The summed E-state index contributed by atoms with van der Waals surface area (Å²) < 4.78 is 24.7. The second-order valence-corrected chi connectivity index (χ2v) is 7.45. The van der Waals surface area contributed by atoms with Gasteiger partial charge in [0.2, 0.25) is 16.0 Å². The van der Waals surface area contributed by atoms with Gasteiger partial charge in [-0.15, -0.1) is 5.10 Å². The number of nitrogens with zero attached hydrogens (tertiary/aromatic N) is 5. The van der Waals surface area contributed by atoms with Crippen molar-refractivity contribution >= 4 is 16.0 Å². The molecule has 1 N–H and O–H groups in total. The lowest BCUT2D eigenvalue weighted by atomic mass is 10.3. The Kier molecular flexibility index (Phi) is 4.61. The summed E-state index contributed by atoms with van der Waals surface area (Å²) in [6.07, 6.45) is 0. The van der Waals surface area contributed by atoms with Crippen LogP contribution < -0.4 is 4.90 Å².